The maximum Gasteiger partial charge on any atom is 0.228 e. The smallest absolute Gasteiger partial charge is 0.228 e. The summed E-state index contributed by atoms with van der Waals surface area (Å²) >= 11 is 0. The number of carbonyl (C=O) groups excluding carboxylic acids is 2. The normalized spacial score (nSPS) is 10.7. The molecular formula is C18H23N3O3. The summed E-state index contributed by atoms with van der Waals surface area (Å²) in [6.07, 6.45) is 0.698. The molecular weight excluding hydrogens is 306 g/mol. The van der Waals surface area contributed by atoms with E-state index in [-0.39, 0.29) is 18.2 Å². The molecule has 0 fully saturated rings. The molecule has 0 bridgehead atoms. The van der Waals surface area contributed by atoms with Gasteiger partial charge in [0.2, 0.25) is 11.8 Å². The monoisotopic (exact) mass is 329 g/mol. The van der Waals surface area contributed by atoms with E-state index >= 15 is 0 Å². The second-order valence-corrected chi connectivity index (χ2v) is 6.25. The lowest BCUT2D eigenvalue weighted by atomic mass is 10.1. The lowest BCUT2D eigenvalue weighted by Crippen LogP contribution is -2.16. The first-order chi connectivity index (χ1) is 11.3. The van der Waals surface area contributed by atoms with Gasteiger partial charge in [-0.25, -0.2) is 0 Å². The summed E-state index contributed by atoms with van der Waals surface area (Å²) in [5.41, 5.74) is 2.92. The van der Waals surface area contributed by atoms with E-state index < -0.39 is 0 Å². The molecule has 1 aromatic carbocycles. The highest BCUT2D eigenvalue weighted by Gasteiger charge is 2.13. The van der Waals surface area contributed by atoms with Crippen molar-refractivity contribution in [3.05, 3.63) is 41.3 Å². The van der Waals surface area contributed by atoms with Gasteiger partial charge in [0.25, 0.3) is 0 Å². The lowest BCUT2D eigenvalue weighted by Gasteiger charge is -2.09. The van der Waals surface area contributed by atoms with E-state index in [1.54, 1.807) is 31.2 Å². The third-order valence-electron chi connectivity index (χ3n) is 3.56. The number of anilines is 2. The molecule has 2 N–H and O–H groups in total. The van der Waals surface area contributed by atoms with Gasteiger partial charge in [-0.2, -0.15) is 0 Å². The molecule has 0 saturated carbocycles. The van der Waals surface area contributed by atoms with E-state index in [4.69, 9.17) is 4.52 Å². The van der Waals surface area contributed by atoms with Crippen LogP contribution in [-0.2, 0) is 16.0 Å². The second kappa shape index (κ2) is 7.77. The first-order valence-electron chi connectivity index (χ1n) is 7.96. The van der Waals surface area contributed by atoms with Gasteiger partial charge in [-0.05, 0) is 44.0 Å². The van der Waals surface area contributed by atoms with E-state index in [2.05, 4.69) is 15.8 Å². The third-order valence-corrected chi connectivity index (χ3v) is 3.56. The average molecular weight is 329 g/mol. The summed E-state index contributed by atoms with van der Waals surface area (Å²) in [4.78, 5) is 23.8. The number of nitrogens with zero attached hydrogens (tertiary/aromatic N) is 1. The van der Waals surface area contributed by atoms with Crippen molar-refractivity contribution in [2.75, 3.05) is 10.6 Å². The molecule has 0 aliphatic rings. The molecule has 2 aromatic rings. The molecule has 6 heteroatoms. The molecule has 0 unspecified atom stereocenters. The summed E-state index contributed by atoms with van der Waals surface area (Å²) in [7, 11) is 0. The summed E-state index contributed by atoms with van der Waals surface area (Å²) in [6, 6.07) is 7.06. The fourth-order valence-corrected chi connectivity index (χ4v) is 2.34. The van der Waals surface area contributed by atoms with E-state index in [0.29, 0.717) is 29.5 Å². The molecule has 0 atom stereocenters. The highest BCUT2D eigenvalue weighted by molar-refractivity contribution is 5.94. The van der Waals surface area contributed by atoms with Gasteiger partial charge in [0, 0.05) is 23.4 Å². The van der Waals surface area contributed by atoms with Crippen LogP contribution in [0, 0.1) is 19.8 Å². The van der Waals surface area contributed by atoms with Crippen LogP contribution in [0.1, 0.15) is 37.3 Å². The SMILES string of the molecule is Cc1noc(C)c1CC(=O)Nc1ccc(NC(=O)CC(C)C)cc1. The lowest BCUT2D eigenvalue weighted by molar-refractivity contribution is -0.117. The van der Waals surface area contributed by atoms with Crippen LogP contribution >= 0.6 is 0 Å². The number of amides is 2. The fourth-order valence-electron chi connectivity index (χ4n) is 2.34. The van der Waals surface area contributed by atoms with Gasteiger partial charge >= 0.3 is 0 Å². The number of carbonyl (C=O) groups is 2. The minimum absolute atomic E-state index is 0.0137. The summed E-state index contributed by atoms with van der Waals surface area (Å²) in [5, 5.41) is 9.50. The van der Waals surface area contributed by atoms with Crippen LogP contribution in [0.5, 0.6) is 0 Å². The van der Waals surface area contributed by atoms with Gasteiger partial charge < -0.3 is 15.2 Å². The van der Waals surface area contributed by atoms with Crippen molar-refractivity contribution in [1.29, 1.82) is 0 Å². The Labute approximate surface area is 141 Å². The van der Waals surface area contributed by atoms with Crippen molar-refractivity contribution in [2.45, 2.75) is 40.5 Å². The Kier molecular flexibility index (Phi) is 5.73. The molecule has 0 spiro atoms. The van der Waals surface area contributed by atoms with Crippen LogP contribution < -0.4 is 10.6 Å². The fraction of sp³-hybridized carbons (Fsp3) is 0.389. The van der Waals surface area contributed by atoms with Gasteiger partial charge in [-0.1, -0.05) is 19.0 Å². The summed E-state index contributed by atoms with van der Waals surface area (Å²) in [6.45, 7) is 7.60. The molecule has 1 aromatic heterocycles. The van der Waals surface area contributed by atoms with E-state index in [0.717, 1.165) is 11.3 Å². The number of hydrogen-bond acceptors (Lipinski definition) is 4. The Balaban J connectivity index is 1.91. The van der Waals surface area contributed by atoms with Crippen molar-refractivity contribution >= 4 is 23.2 Å². The third kappa shape index (κ3) is 4.94. The topological polar surface area (TPSA) is 84.2 Å². The second-order valence-electron chi connectivity index (χ2n) is 6.25. The standard InChI is InChI=1S/C18H23N3O3/c1-11(2)9-17(22)19-14-5-7-15(8-6-14)20-18(23)10-16-12(3)21-24-13(16)4/h5-8,11H,9-10H2,1-4H3,(H,19,22)(H,20,23). The first kappa shape index (κ1) is 17.7. The molecule has 0 radical (unpaired) electrons. The van der Waals surface area contributed by atoms with Gasteiger partial charge in [0.05, 0.1) is 12.1 Å². The average Bonchev–Trinajstić information content (AvgIpc) is 2.80. The molecule has 2 rings (SSSR count). The van der Waals surface area contributed by atoms with Crippen LogP contribution in [-0.4, -0.2) is 17.0 Å². The molecule has 1 heterocycles. The predicted molar refractivity (Wildman–Crippen MR) is 92.8 cm³/mol. The van der Waals surface area contributed by atoms with Crippen molar-refractivity contribution in [2.24, 2.45) is 5.92 Å². The van der Waals surface area contributed by atoms with Gasteiger partial charge in [0.15, 0.2) is 0 Å². The quantitative estimate of drug-likeness (QED) is 0.850. The van der Waals surface area contributed by atoms with Crippen molar-refractivity contribution in [3.63, 3.8) is 0 Å². The van der Waals surface area contributed by atoms with Crippen LogP contribution in [0.15, 0.2) is 28.8 Å². The van der Waals surface area contributed by atoms with Gasteiger partial charge in [-0.15, -0.1) is 0 Å². The summed E-state index contributed by atoms with van der Waals surface area (Å²) in [5.74, 6) is 0.819. The number of aromatic nitrogens is 1. The number of hydrogen-bond donors (Lipinski definition) is 2. The highest BCUT2D eigenvalue weighted by atomic mass is 16.5. The van der Waals surface area contributed by atoms with Gasteiger partial charge in [-0.3, -0.25) is 9.59 Å². The Hall–Kier alpha value is -2.63. The predicted octanol–water partition coefficient (Wildman–Crippen LogP) is 3.46. The van der Waals surface area contributed by atoms with Crippen LogP contribution in [0.4, 0.5) is 11.4 Å². The Bertz CT molecular complexity index is 698. The number of nitrogens with one attached hydrogen (secondary N) is 2. The molecule has 6 nitrogen and oxygen atoms in total. The highest BCUT2D eigenvalue weighted by Crippen LogP contribution is 2.17. The molecule has 2 amide bonds. The Morgan fingerprint density at radius 2 is 1.58 bits per heavy atom. The van der Waals surface area contributed by atoms with Crippen LogP contribution in [0.3, 0.4) is 0 Å². The molecule has 128 valence electrons. The molecule has 0 aliphatic heterocycles. The van der Waals surface area contributed by atoms with Crippen LogP contribution in [0.2, 0.25) is 0 Å². The van der Waals surface area contributed by atoms with Gasteiger partial charge in [0.1, 0.15) is 5.76 Å². The van der Waals surface area contributed by atoms with E-state index in [9.17, 15) is 9.59 Å². The zero-order valence-corrected chi connectivity index (χ0v) is 14.5. The largest absolute Gasteiger partial charge is 0.361 e. The Morgan fingerprint density at radius 1 is 1.04 bits per heavy atom. The van der Waals surface area contributed by atoms with Crippen LogP contribution in [0.25, 0.3) is 0 Å². The summed E-state index contributed by atoms with van der Waals surface area (Å²) < 4.78 is 5.06. The molecule has 0 saturated heterocycles. The van der Waals surface area contributed by atoms with Crippen molar-refractivity contribution < 1.29 is 14.1 Å². The first-order valence-corrected chi connectivity index (χ1v) is 7.96. The minimum Gasteiger partial charge on any atom is -0.361 e. The number of benzene rings is 1. The zero-order chi connectivity index (χ0) is 17.7. The maximum atomic E-state index is 12.1. The van der Waals surface area contributed by atoms with Crippen molar-refractivity contribution in [1.82, 2.24) is 5.16 Å². The van der Waals surface area contributed by atoms with E-state index in [1.165, 1.54) is 0 Å². The number of aryl methyl sites for hydroxylation is 2. The molecule has 0 aliphatic carbocycles. The maximum absolute atomic E-state index is 12.1. The zero-order valence-electron chi connectivity index (χ0n) is 14.5. The number of rotatable bonds is 6. The van der Waals surface area contributed by atoms with Crippen molar-refractivity contribution in [3.8, 4) is 0 Å². The minimum atomic E-state index is -0.138. The molecule has 24 heavy (non-hydrogen) atoms. The van der Waals surface area contributed by atoms with E-state index in [1.807, 2.05) is 20.8 Å². The Morgan fingerprint density at radius 3 is 2.04 bits per heavy atom.